The molecule has 1 heterocycles. The van der Waals surface area contributed by atoms with Crippen molar-refractivity contribution in [3.05, 3.63) is 47.0 Å². The quantitative estimate of drug-likeness (QED) is 0.862. The second-order valence-electron chi connectivity index (χ2n) is 4.61. The van der Waals surface area contributed by atoms with Gasteiger partial charge in [-0.25, -0.2) is 4.39 Å². The van der Waals surface area contributed by atoms with Gasteiger partial charge in [-0.1, -0.05) is 25.1 Å². The van der Waals surface area contributed by atoms with Crippen molar-refractivity contribution in [1.82, 2.24) is 5.32 Å². The molecule has 1 aromatic rings. The van der Waals surface area contributed by atoms with E-state index < -0.39 is 0 Å². The Bertz CT molecular complexity index is 442. The normalized spacial score (nSPS) is 16.3. The Morgan fingerprint density at radius 2 is 2.28 bits per heavy atom. The Morgan fingerprint density at radius 1 is 1.44 bits per heavy atom. The molecule has 18 heavy (non-hydrogen) atoms. The zero-order chi connectivity index (χ0) is 13.0. The number of aryl methyl sites for hydroxylation is 1. The van der Waals surface area contributed by atoms with Crippen LogP contribution in [0.5, 0.6) is 0 Å². The van der Waals surface area contributed by atoms with E-state index in [4.69, 9.17) is 4.74 Å². The van der Waals surface area contributed by atoms with E-state index in [1.807, 2.05) is 12.1 Å². The molecule has 0 saturated heterocycles. The van der Waals surface area contributed by atoms with Gasteiger partial charge < -0.3 is 10.1 Å². The summed E-state index contributed by atoms with van der Waals surface area (Å²) in [5.41, 5.74) is 1.35. The van der Waals surface area contributed by atoms with Gasteiger partial charge in [0.1, 0.15) is 11.6 Å². The predicted molar refractivity (Wildman–Crippen MR) is 70.8 cm³/mol. The molecule has 98 valence electrons. The maximum absolute atomic E-state index is 14.2. The number of rotatable bonds is 5. The molecule has 1 N–H and O–H groups in total. The van der Waals surface area contributed by atoms with Crippen LogP contribution in [0, 0.1) is 12.7 Å². The van der Waals surface area contributed by atoms with Crippen molar-refractivity contribution >= 4 is 0 Å². The molecule has 0 saturated carbocycles. The highest BCUT2D eigenvalue weighted by molar-refractivity contribution is 5.32. The average Bonchev–Trinajstić information content (AvgIpc) is 2.88. The molecule has 0 fully saturated rings. The Labute approximate surface area is 108 Å². The highest BCUT2D eigenvalue weighted by atomic mass is 19.1. The minimum Gasteiger partial charge on any atom is -0.496 e. The molecule has 1 aliphatic heterocycles. The number of ether oxygens (including phenoxy) is 1. The van der Waals surface area contributed by atoms with Crippen LogP contribution in [-0.4, -0.2) is 13.2 Å². The Balaban J connectivity index is 2.30. The summed E-state index contributed by atoms with van der Waals surface area (Å²) < 4.78 is 19.8. The highest BCUT2D eigenvalue weighted by Crippen LogP contribution is 2.29. The van der Waals surface area contributed by atoms with Crippen molar-refractivity contribution in [3.8, 4) is 0 Å². The molecule has 0 spiro atoms. The number of hydrogen-bond acceptors (Lipinski definition) is 2. The number of benzene rings is 1. The first kappa shape index (κ1) is 13.1. The topological polar surface area (TPSA) is 21.3 Å². The zero-order valence-electron chi connectivity index (χ0n) is 11.0. The van der Waals surface area contributed by atoms with Crippen molar-refractivity contribution < 1.29 is 9.13 Å². The second kappa shape index (κ2) is 6.01. The van der Waals surface area contributed by atoms with Gasteiger partial charge in [0.25, 0.3) is 0 Å². The van der Waals surface area contributed by atoms with Crippen LogP contribution in [0.15, 0.2) is 30.0 Å². The summed E-state index contributed by atoms with van der Waals surface area (Å²) in [7, 11) is 0. The summed E-state index contributed by atoms with van der Waals surface area (Å²) in [6, 6.07) is 5.36. The summed E-state index contributed by atoms with van der Waals surface area (Å²) in [6.07, 6.45) is 3.97. The molecule has 0 aliphatic carbocycles. The largest absolute Gasteiger partial charge is 0.496 e. The van der Waals surface area contributed by atoms with E-state index in [1.54, 1.807) is 13.0 Å². The molecule has 1 aromatic carbocycles. The Morgan fingerprint density at radius 3 is 2.94 bits per heavy atom. The monoisotopic (exact) mass is 249 g/mol. The number of halogens is 1. The van der Waals surface area contributed by atoms with E-state index in [1.165, 1.54) is 0 Å². The van der Waals surface area contributed by atoms with Crippen LogP contribution in [0.1, 0.15) is 36.9 Å². The van der Waals surface area contributed by atoms with E-state index in [9.17, 15) is 4.39 Å². The Kier molecular flexibility index (Phi) is 4.37. The molecular weight excluding hydrogens is 229 g/mol. The zero-order valence-corrected chi connectivity index (χ0v) is 11.0. The number of nitrogens with one attached hydrogen (secondary N) is 1. The van der Waals surface area contributed by atoms with Gasteiger partial charge in [0.05, 0.1) is 12.6 Å². The van der Waals surface area contributed by atoms with Crippen LogP contribution < -0.4 is 5.32 Å². The standard InChI is InChI=1S/C15H20FNO/c1-3-9-17-15(13-8-5-10-18-13)12-7-4-6-11(2)14(12)16/h4,6-8,15,17H,3,5,9-10H2,1-2H3. The molecule has 1 aliphatic rings. The lowest BCUT2D eigenvalue weighted by Gasteiger charge is -2.21. The maximum Gasteiger partial charge on any atom is 0.131 e. The third-order valence-electron chi connectivity index (χ3n) is 3.15. The second-order valence-corrected chi connectivity index (χ2v) is 4.61. The molecule has 1 atom stereocenters. The lowest BCUT2D eigenvalue weighted by molar-refractivity contribution is 0.214. The minimum atomic E-state index is -0.160. The molecule has 0 bridgehead atoms. The smallest absolute Gasteiger partial charge is 0.131 e. The molecule has 0 amide bonds. The summed E-state index contributed by atoms with van der Waals surface area (Å²) >= 11 is 0. The van der Waals surface area contributed by atoms with Gasteiger partial charge in [0.15, 0.2) is 0 Å². The first-order valence-corrected chi connectivity index (χ1v) is 6.55. The third-order valence-corrected chi connectivity index (χ3v) is 3.15. The van der Waals surface area contributed by atoms with E-state index in [0.29, 0.717) is 17.7 Å². The molecule has 2 rings (SSSR count). The summed E-state index contributed by atoms with van der Waals surface area (Å²) in [6.45, 7) is 5.44. The molecular formula is C15H20FNO. The van der Waals surface area contributed by atoms with Crippen molar-refractivity contribution in [3.63, 3.8) is 0 Å². The van der Waals surface area contributed by atoms with E-state index in [0.717, 1.165) is 25.1 Å². The predicted octanol–water partition coefficient (Wildman–Crippen LogP) is 3.48. The fraction of sp³-hybridized carbons (Fsp3) is 0.467. The van der Waals surface area contributed by atoms with Gasteiger partial charge in [-0.3, -0.25) is 0 Å². The van der Waals surface area contributed by atoms with Crippen molar-refractivity contribution in [2.45, 2.75) is 32.7 Å². The minimum absolute atomic E-state index is 0.137. The first-order valence-electron chi connectivity index (χ1n) is 6.55. The van der Waals surface area contributed by atoms with Crippen LogP contribution in [0.25, 0.3) is 0 Å². The lowest BCUT2D eigenvalue weighted by atomic mass is 10.0. The van der Waals surface area contributed by atoms with E-state index in [-0.39, 0.29) is 11.9 Å². The van der Waals surface area contributed by atoms with Gasteiger partial charge in [-0.15, -0.1) is 0 Å². The maximum atomic E-state index is 14.2. The first-order chi connectivity index (χ1) is 8.74. The molecule has 3 heteroatoms. The van der Waals surface area contributed by atoms with E-state index >= 15 is 0 Å². The highest BCUT2D eigenvalue weighted by Gasteiger charge is 2.23. The SMILES string of the molecule is CCCNC(C1=CCCO1)c1cccc(C)c1F. The van der Waals surface area contributed by atoms with Crippen LogP contribution in [0.3, 0.4) is 0 Å². The fourth-order valence-corrected chi connectivity index (χ4v) is 2.18. The fourth-order valence-electron chi connectivity index (χ4n) is 2.18. The molecule has 2 nitrogen and oxygen atoms in total. The van der Waals surface area contributed by atoms with Gasteiger partial charge in [-0.2, -0.15) is 0 Å². The van der Waals surface area contributed by atoms with Gasteiger partial charge in [-0.05, 0) is 31.5 Å². The van der Waals surface area contributed by atoms with Crippen LogP contribution >= 0.6 is 0 Å². The third kappa shape index (κ3) is 2.72. The van der Waals surface area contributed by atoms with Crippen molar-refractivity contribution in [1.29, 1.82) is 0 Å². The average molecular weight is 249 g/mol. The van der Waals surface area contributed by atoms with Crippen LogP contribution in [0.4, 0.5) is 4.39 Å². The summed E-state index contributed by atoms with van der Waals surface area (Å²) in [5, 5.41) is 3.36. The van der Waals surface area contributed by atoms with Gasteiger partial charge in [0.2, 0.25) is 0 Å². The van der Waals surface area contributed by atoms with Crippen molar-refractivity contribution in [2.75, 3.05) is 13.2 Å². The van der Waals surface area contributed by atoms with Crippen LogP contribution in [0.2, 0.25) is 0 Å². The Hall–Kier alpha value is -1.35. The lowest BCUT2D eigenvalue weighted by Crippen LogP contribution is -2.25. The molecule has 0 aromatic heterocycles. The van der Waals surface area contributed by atoms with Crippen molar-refractivity contribution in [2.24, 2.45) is 0 Å². The summed E-state index contributed by atoms with van der Waals surface area (Å²) in [5.74, 6) is 0.718. The summed E-state index contributed by atoms with van der Waals surface area (Å²) in [4.78, 5) is 0. The van der Waals surface area contributed by atoms with Gasteiger partial charge in [0, 0.05) is 12.0 Å². The number of hydrogen-bond donors (Lipinski definition) is 1. The van der Waals surface area contributed by atoms with Gasteiger partial charge >= 0.3 is 0 Å². The van der Waals surface area contributed by atoms with Crippen LogP contribution in [-0.2, 0) is 4.74 Å². The molecule has 1 unspecified atom stereocenters. The van der Waals surface area contributed by atoms with E-state index in [2.05, 4.69) is 18.3 Å². The molecule has 0 radical (unpaired) electrons.